The first-order valence-corrected chi connectivity index (χ1v) is 11.9. The molecular weight excluding hydrogens is 396 g/mol. The van der Waals surface area contributed by atoms with E-state index < -0.39 is 0 Å². The van der Waals surface area contributed by atoms with Crippen LogP contribution >= 0.6 is 0 Å². The van der Waals surface area contributed by atoms with Crippen molar-refractivity contribution in [2.45, 2.75) is 64.5 Å². The number of hydrogen-bond donors (Lipinski definition) is 2. The van der Waals surface area contributed by atoms with E-state index in [0.29, 0.717) is 12.0 Å². The second kappa shape index (κ2) is 8.81. The number of benzene rings is 2. The van der Waals surface area contributed by atoms with Gasteiger partial charge in [-0.05, 0) is 61.6 Å². The number of rotatable bonds is 6. The lowest BCUT2D eigenvalue weighted by atomic mass is 9.94. The van der Waals surface area contributed by atoms with Crippen molar-refractivity contribution in [2.75, 3.05) is 0 Å². The summed E-state index contributed by atoms with van der Waals surface area (Å²) in [4.78, 5) is 21.9. The van der Waals surface area contributed by atoms with Gasteiger partial charge in [-0.15, -0.1) is 0 Å². The van der Waals surface area contributed by atoms with Gasteiger partial charge in [0.25, 0.3) is 0 Å². The van der Waals surface area contributed by atoms with E-state index in [1.807, 2.05) is 24.4 Å². The van der Waals surface area contributed by atoms with Crippen LogP contribution in [-0.4, -0.2) is 26.5 Å². The molecule has 1 aliphatic rings. The van der Waals surface area contributed by atoms with E-state index in [1.54, 1.807) is 0 Å². The Hall–Kier alpha value is -3.08. The summed E-state index contributed by atoms with van der Waals surface area (Å²) in [6.45, 7) is 4.37. The lowest BCUT2D eigenvalue weighted by Gasteiger charge is -2.28. The number of nitrogens with one attached hydrogen (secondary N) is 2. The number of fused-ring (bicyclic) bond motifs is 2. The third kappa shape index (κ3) is 4.04. The second-order valence-electron chi connectivity index (χ2n) is 9.56. The highest BCUT2D eigenvalue weighted by molar-refractivity contribution is 5.89. The summed E-state index contributed by atoms with van der Waals surface area (Å²) >= 11 is 0. The monoisotopic (exact) mass is 428 g/mol. The summed E-state index contributed by atoms with van der Waals surface area (Å²) in [5.41, 5.74) is 4.08. The topological polar surface area (TPSA) is 62.7 Å². The zero-order valence-corrected chi connectivity index (χ0v) is 19.0. The molecule has 0 radical (unpaired) electrons. The number of aromatic amines is 1. The van der Waals surface area contributed by atoms with Crippen molar-refractivity contribution in [2.24, 2.45) is 5.92 Å². The van der Waals surface area contributed by atoms with Crippen LogP contribution in [-0.2, 0) is 4.79 Å². The lowest BCUT2D eigenvalue weighted by Crippen LogP contribution is -2.41. The van der Waals surface area contributed by atoms with Gasteiger partial charge in [0.05, 0.1) is 11.0 Å². The molecule has 0 aliphatic heterocycles. The Balaban J connectivity index is 1.61. The highest BCUT2D eigenvalue weighted by Gasteiger charge is 2.29. The van der Waals surface area contributed by atoms with Crippen LogP contribution in [0.4, 0.5) is 0 Å². The molecule has 0 spiro atoms. The van der Waals surface area contributed by atoms with Crippen LogP contribution in [0.5, 0.6) is 0 Å². The lowest BCUT2D eigenvalue weighted by molar-refractivity contribution is -0.125. The molecule has 1 fully saturated rings. The number of imidazole rings is 1. The van der Waals surface area contributed by atoms with Crippen LogP contribution in [0.3, 0.4) is 0 Å². The molecule has 5 rings (SSSR count). The molecule has 1 amide bonds. The normalized spacial score (nSPS) is 16.1. The average Bonchev–Trinajstić information content (AvgIpc) is 3.42. The molecule has 2 N–H and O–H groups in total. The van der Waals surface area contributed by atoms with E-state index in [4.69, 9.17) is 4.98 Å². The number of carbonyl (C=O) groups excluding carboxylic acids is 1. The molecule has 2 aromatic carbocycles. The van der Waals surface area contributed by atoms with Crippen LogP contribution in [0.1, 0.15) is 58.4 Å². The predicted octanol–water partition coefficient (Wildman–Crippen LogP) is 6.22. The summed E-state index contributed by atoms with van der Waals surface area (Å²) < 4.78 is 2.18. The van der Waals surface area contributed by atoms with E-state index in [0.717, 1.165) is 52.6 Å². The Bertz CT molecular complexity index is 1230. The summed E-state index contributed by atoms with van der Waals surface area (Å²) in [7, 11) is 0. The first-order chi connectivity index (χ1) is 15.6. The minimum absolute atomic E-state index is 0.123. The third-order valence-electron chi connectivity index (χ3n) is 6.67. The summed E-state index contributed by atoms with van der Waals surface area (Å²) in [6, 6.07) is 16.6. The summed E-state index contributed by atoms with van der Waals surface area (Å²) in [6.07, 6.45) is 8.59. The van der Waals surface area contributed by atoms with Gasteiger partial charge in [-0.25, -0.2) is 4.98 Å². The van der Waals surface area contributed by atoms with E-state index in [9.17, 15) is 4.79 Å². The van der Waals surface area contributed by atoms with Crippen LogP contribution in [0.15, 0.2) is 54.7 Å². The maximum atomic E-state index is 13.7. The maximum absolute atomic E-state index is 13.7. The second-order valence-corrected chi connectivity index (χ2v) is 9.56. The zero-order valence-electron chi connectivity index (χ0n) is 19.0. The molecule has 5 heteroatoms. The smallest absolute Gasteiger partial charge is 0.243 e. The standard InChI is InChI=1S/C27H32N4O/c1-18(2)16-25(27(32)29-21-8-4-3-5-9-21)31-24-11-7-6-10-23(24)30-26(31)20-12-13-22-19(17-20)14-15-28-22/h6-7,10-15,17-18,21,25,28H,3-5,8-9,16H2,1-2H3,(H,29,32). The Morgan fingerprint density at radius 2 is 1.94 bits per heavy atom. The maximum Gasteiger partial charge on any atom is 0.243 e. The van der Waals surface area contributed by atoms with E-state index in [2.05, 4.69) is 59.0 Å². The molecule has 2 heterocycles. The molecule has 2 aromatic heterocycles. The number of carbonyl (C=O) groups is 1. The molecule has 4 aromatic rings. The van der Waals surface area contributed by atoms with E-state index in [1.165, 1.54) is 19.3 Å². The minimum atomic E-state index is -0.291. The van der Waals surface area contributed by atoms with Crippen LogP contribution < -0.4 is 5.32 Å². The molecular formula is C27H32N4O. The van der Waals surface area contributed by atoms with Gasteiger partial charge in [-0.3, -0.25) is 4.79 Å². The van der Waals surface area contributed by atoms with Crippen molar-refractivity contribution in [1.29, 1.82) is 0 Å². The minimum Gasteiger partial charge on any atom is -0.361 e. The zero-order chi connectivity index (χ0) is 22.1. The fourth-order valence-corrected chi connectivity index (χ4v) is 5.08. The van der Waals surface area contributed by atoms with Gasteiger partial charge in [-0.1, -0.05) is 45.2 Å². The number of para-hydroxylation sites is 2. The van der Waals surface area contributed by atoms with Gasteiger partial charge in [0.15, 0.2) is 0 Å². The van der Waals surface area contributed by atoms with Gasteiger partial charge in [-0.2, -0.15) is 0 Å². The predicted molar refractivity (Wildman–Crippen MR) is 131 cm³/mol. The summed E-state index contributed by atoms with van der Waals surface area (Å²) in [5, 5.41) is 4.54. The van der Waals surface area contributed by atoms with Crippen molar-refractivity contribution < 1.29 is 4.79 Å². The molecule has 1 aliphatic carbocycles. The van der Waals surface area contributed by atoms with E-state index >= 15 is 0 Å². The average molecular weight is 429 g/mol. The van der Waals surface area contributed by atoms with Crippen LogP contribution in [0, 0.1) is 5.92 Å². The molecule has 166 valence electrons. The number of H-pyrrole nitrogens is 1. The third-order valence-corrected chi connectivity index (χ3v) is 6.67. The quantitative estimate of drug-likeness (QED) is 0.383. The van der Waals surface area contributed by atoms with E-state index in [-0.39, 0.29) is 11.9 Å². The molecule has 1 unspecified atom stereocenters. The molecule has 1 saturated carbocycles. The van der Waals surface area contributed by atoms with Crippen LogP contribution in [0.25, 0.3) is 33.3 Å². The fraction of sp³-hybridized carbons (Fsp3) is 0.407. The number of amides is 1. The molecule has 1 atom stereocenters. The van der Waals surface area contributed by atoms with Gasteiger partial charge >= 0.3 is 0 Å². The summed E-state index contributed by atoms with van der Waals surface area (Å²) in [5.74, 6) is 1.37. The Morgan fingerprint density at radius 3 is 2.75 bits per heavy atom. The van der Waals surface area contributed by atoms with Gasteiger partial charge in [0.1, 0.15) is 11.9 Å². The Morgan fingerprint density at radius 1 is 1.12 bits per heavy atom. The molecule has 5 nitrogen and oxygen atoms in total. The van der Waals surface area contributed by atoms with Gasteiger partial charge in [0, 0.05) is 28.7 Å². The largest absolute Gasteiger partial charge is 0.361 e. The Kier molecular flexibility index (Phi) is 5.73. The first-order valence-electron chi connectivity index (χ1n) is 11.9. The van der Waals surface area contributed by atoms with Crippen molar-refractivity contribution >= 4 is 27.8 Å². The van der Waals surface area contributed by atoms with Crippen molar-refractivity contribution in [3.63, 3.8) is 0 Å². The molecule has 0 bridgehead atoms. The number of hydrogen-bond acceptors (Lipinski definition) is 2. The van der Waals surface area contributed by atoms with Gasteiger partial charge < -0.3 is 14.9 Å². The van der Waals surface area contributed by atoms with Crippen molar-refractivity contribution in [3.05, 3.63) is 54.7 Å². The first kappa shape index (κ1) is 20.8. The highest BCUT2D eigenvalue weighted by atomic mass is 16.2. The molecule has 32 heavy (non-hydrogen) atoms. The Labute approximate surface area is 189 Å². The van der Waals surface area contributed by atoms with Gasteiger partial charge in [0.2, 0.25) is 5.91 Å². The highest BCUT2D eigenvalue weighted by Crippen LogP contribution is 2.33. The number of aromatic nitrogens is 3. The van der Waals surface area contributed by atoms with Crippen molar-refractivity contribution in [3.8, 4) is 11.4 Å². The fourth-order valence-electron chi connectivity index (χ4n) is 5.08. The van der Waals surface area contributed by atoms with Crippen molar-refractivity contribution in [1.82, 2.24) is 19.9 Å². The molecule has 0 saturated heterocycles. The van der Waals surface area contributed by atoms with Crippen LogP contribution in [0.2, 0.25) is 0 Å². The SMILES string of the molecule is CC(C)CC(C(=O)NC1CCCCC1)n1c(-c2ccc3[nH]ccc3c2)nc2ccccc21. The number of nitrogens with zero attached hydrogens (tertiary/aromatic N) is 2.